The standard InChI is InChI=1S/C34H44O7/c1-6-27(35)16-17-33-22-39-34(41-33,21-31(40-32(37)8-3)30(33)20-28(36)7-2)26-13-10-23(5)25(19-26)18-24-11-14-29(15-12-24)38-9-4/h10-15,19,30-31H,6-9,16-18,20-22H2,1-5H3/t30-,31?,33-,34+/m0/s1. The molecule has 2 saturated heterocycles. The number of fused-ring (bicyclic) bond motifs is 2. The number of rotatable bonds is 14. The lowest BCUT2D eigenvalue weighted by Crippen LogP contribution is -2.55. The maximum atomic E-state index is 12.7. The number of aryl methyl sites for hydroxylation is 1. The molecule has 2 aromatic rings. The lowest BCUT2D eigenvalue weighted by molar-refractivity contribution is -0.267. The average Bonchev–Trinajstić information content (AvgIpc) is 3.31. The van der Waals surface area contributed by atoms with Crippen molar-refractivity contribution in [3.05, 3.63) is 64.7 Å². The Labute approximate surface area is 243 Å². The van der Waals surface area contributed by atoms with Gasteiger partial charge in [-0.3, -0.25) is 14.4 Å². The maximum absolute atomic E-state index is 12.7. The van der Waals surface area contributed by atoms with Crippen LogP contribution in [0.25, 0.3) is 0 Å². The van der Waals surface area contributed by atoms with E-state index in [2.05, 4.69) is 31.2 Å². The van der Waals surface area contributed by atoms with Gasteiger partial charge in [-0.1, -0.05) is 45.0 Å². The van der Waals surface area contributed by atoms with Crippen LogP contribution in [-0.2, 0) is 40.8 Å². The highest BCUT2D eigenvalue weighted by Crippen LogP contribution is 2.55. The van der Waals surface area contributed by atoms with Crippen LogP contribution in [0, 0.1) is 12.8 Å². The summed E-state index contributed by atoms with van der Waals surface area (Å²) < 4.78 is 25.1. The summed E-state index contributed by atoms with van der Waals surface area (Å²) in [6.07, 6.45) is 2.44. The van der Waals surface area contributed by atoms with Gasteiger partial charge in [0.25, 0.3) is 0 Å². The van der Waals surface area contributed by atoms with Crippen molar-refractivity contribution in [3.63, 3.8) is 0 Å². The van der Waals surface area contributed by atoms with Gasteiger partial charge in [0.2, 0.25) is 0 Å². The van der Waals surface area contributed by atoms with Crippen LogP contribution >= 0.6 is 0 Å². The Bertz CT molecular complexity index is 1240. The molecular formula is C34H44O7. The minimum Gasteiger partial charge on any atom is -0.494 e. The van der Waals surface area contributed by atoms with Gasteiger partial charge in [-0.25, -0.2) is 0 Å². The molecule has 2 bridgehead atoms. The molecule has 2 aliphatic heterocycles. The molecule has 2 fully saturated rings. The number of benzene rings is 2. The molecule has 0 aromatic heterocycles. The number of ketones is 2. The van der Waals surface area contributed by atoms with E-state index in [1.54, 1.807) is 6.92 Å². The van der Waals surface area contributed by atoms with E-state index < -0.39 is 17.5 Å². The van der Waals surface area contributed by atoms with Crippen molar-refractivity contribution in [2.75, 3.05) is 13.2 Å². The molecule has 0 radical (unpaired) electrons. The number of Topliss-reactive ketones (excluding diaryl/α,β-unsaturated/α-hetero) is 2. The number of esters is 1. The molecule has 4 rings (SSSR count). The van der Waals surface area contributed by atoms with E-state index in [9.17, 15) is 14.4 Å². The molecule has 7 nitrogen and oxygen atoms in total. The van der Waals surface area contributed by atoms with Crippen LogP contribution in [0.4, 0.5) is 0 Å². The molecule has 2 heterocycles. The number of hydrogen-bond donors (Lipinski definition) is 0. The lowest BCUT2D eigenvalue weighted by atomic mass is 9.73. The first kappa shape index (κ1) is 30.9. The maximum Gasteiger partial charge on any atom is 0.305 e. The summed E-state index contributed by atoms with van der Waals surface area (Å²) in [5.41, 5.74) is 3.38. The van der Waals surface area contributed by atoms with Gasteiger partial charge < -0.3 is 18.9 Å². The number of ether oxygens (including phenoxy) is 4. The SMILES string of the molecule is CCOc1ccc(Cc2cc([C@]34CC(OC(=O)CC)[C@H](CC(=O)CC)[C@](CCC(=O)CC)(CO3)O4)ccc2C)cc1. The first-order valence-electron chi connectivity index (χ1n) is 15.1. The molecule has 0 aliphatic carbocycles. The van der Waals surface area contributed by atoms with Crippen molar-refractivity contribution in [2.24, 2.45) is 5.92 Å². The first-order valence-corrected chi connectivity index (χ1v) is 15.1. The molecule has 2 aromatic carbocycles. The molecule has 41 heavy (non-hydrogen) atoms. The van der Waals surface area contributed by atoms with Crippen molar-refractivity contribution in [3.8, 4) is 5.75 Å². The zero-order chi connectivity index (χ0) is 29.6. The van der Waals surface area contributed by atoms with E-state index in [-0.39, 0.29) is 49.3 Å². The third-order valence-corrected chi connectivity index (χ3v) is 8.56. The van der Waals surface area contributed by atoms with Crippen LogP contribution in [0.5, 0.6) is 5.75 Å². The summed E-state index contributed by atoms with van der Waals surface area (Å²) >= 11 is 0. The quantitative estimate of drug-likeness (QED) is 0.246. The summed E-state index contributed by atoms with van der Waals surface area (Å²) in [5.74, 6) is -0.801. The highest BCUT2D eigenvalue weighted by Gasteiger charge is 2.63. The van der Waals surface area contributed by atoms with Gasteiger partial charge in [-0.2, -0.15) is 0 Å². The van der Waals surface area contributed by atoms with Gasteiger partial charge in [0.05, 0.1) is 13.2 Å². The van der Waals surface area contributed by atoms with Crippen molar-refractivity contribution in [1.29, 1.82) is 0 Å². The summed E-state index contributed by atoms with van der Waals surface area (Å²) in [7, 11) is 0. The van der Waals surface area contributed by atoms with Crippen LogP contribution in [-0.4, -0.2) is 42.5 Å². The number of carbonyl (C=O) groups excluding carboxylic acids is 3. The van der Waals surface area contributed by atoms with Crippen LogP contribution in [0.2, 0.25) is 0 Å². The van der Waals surface area contributed by atoms with Crippen molar-refractivity contribution in [2.45, 2.75) is 103 Å². The zero-order valence-electron chi connectivity index (χ0n) is 25.1. The van der Waals surface area contributed by atoms with Crippen molar-refractivity contribution < 1.29 is 33.3 Å². The van der Waals surface area contributed by atoms with E-state index in [1.807, 2.05) is 39.0 Å². The topological polar surface area (TPSA) is 88.1 Å². The van der Waals surface area contributed by atoms with Gasteiger partial charge in [-0.05, 0) is 61.6 Å². The molecule has 0 N–H and O–H groups in total. The van der Waals surface area contributed by atoms with Gasteiger partial charge in [0.1, 0.15) is 29.0 Å². The predicted octanol–water partition coefficient (Wildman–Crippen LogP) is 6.39. The van der Waals surface area contributed by atoms with E-state index in [1.165, 1.54) is 0 Å². The molecule has 0 spiro atoms. The Morgan fingerprint density at radius 2 is 1.68 bits per heavy atom. The zero-order valence-corrected chi connectivity index (χ0v) is 25.1. The van der Waals surface area contributed by atoms with Gasteiger partial charge in [0.15, 0.2) is 5.79 Å². The molecule has 0 saturated carbocycles. The van der Waals surface area contributed by atoms with Crippen molar-refractivity contribution in [1.82, 2.24) is 0 Å². The fourth-order valence-electron chi connectivity index (χ4n) is 6.02. The fraction of sp³-hybridized carbons (Fsp3) is 0.559. The van der Waals surface area contributed by atoms with Crippen LogP contribution in [0.15, 0.2) is 42.5 Å². The number of carbonyl (C=O) groups is 3. The second-order valence-electron chi connectivity index (χ2n) is 11.3. The lowest BCUT2D eigenvalue weighted by Gasteiger charge is -2.47. The Balaban J connectivity index is 1.70. The van der Waals surface area contributed by atoms with E-state index >= 15 is 0 Å². The predicted molar refractivity (Wildman–Crippen MR) is 156 cm³/mol. The second kappa shape index (κ2) is 13.3. The van der Waals surface area contributed by atoms with E-state index in [0.717, 1.165) is 34.4 Å². The van der Waals surface area contributed by atoms with Gasteiger partial charge in [-0.15, -0.1) is 0 Å². The molecule has 4 atom stereocenters. The number of hydrogen-bond acceptors (Lipinski definition) is 7. The minimum atomic E-state index is -1.14. The van der Waals surface area contributed by atoms with Crippen LogP contribution in [0.1, 0.15) is 94.9 Å². The Morgan fingerprint density at radius 3 is 2.34 bits per heavy atom. The fourth-order valence-corrected chi connectivity index (χ4v) is 6.02. The van der Waals surface area contributed by atoms with Crippen LogP contribution < -0.4 is 4.74 Å². The van der Waals surface area contributed by atoms with E-state index in [4.69, 9.17) is 18.9 Å². The summed E-state index contributed by atoms with van der Waals surface area (Å²) in [6.45, 7) is 10.3. The summed E-state index contributed by atoms with van der Waals surface area (Å²) in [4.78, 5) is 37.8. The second-order valence-corrected chi connectivity index (χ2v) is 11.3. The van der Waals surface area contributed by atoms with Gasteiger partial charge in [0, 0.05) is 50.0 Å². The van der Waals surface area contributed by atoms with Crippen molar-refractivity contribution >= 4 is 17.5 Å². The normalized spacial score (nSPS) is 25.1. The molecule has 1 unspecified atom stereocenters. The summed E-state index contributed by atoms with van der Waals surface area (Å²) in [5, 5.41) is 0. The average molecular weight is 565 g/mol. The largest absolute Gasteiger partial charge is 0.494 e. The Hall–Kier alpha value is -3.03. The summed E-state index contributed by atoms with van der Waals surface area (Å²) in [6, 6.07) is 14.3. The molecular weight excluding hydrogens is 520 g/mol. The highest BCUT2D eigenvalue weighted by molar-refractivity contribution is 5.79. The smallest absolute Gasteiger partial charge is 0.305 e. The van der Waals surface area contributed by atoms with Gasteiger partial charge >= 0.3 is 5.97 Å². The minimum absolute atomic E-state index is 0.0738. The molecule has 2 aliphatic rings. The van der Waals surface area contributed by atoms with Crippen LogP contribution in [0.3, 0.4) is 0 Å². The third-order valence-electron chi connectivity index (χ3n) is 8.56. The Kier molecular flexibility index (Phi) is 10.0. The Morgan fingerprint density at radius 1 is 0.951 bits per heavy atom. The highest BCUT2D eigenvalue weighted by atomic mass is 16.8. The monoisotopic (exact) mass is 564 g/mol. The van der Waals surface area contributed by atoms with E-state index in [0.29, 0.717) is 32.3 Å². The first-order chi connectivity index (χ1) is 19.7. The molecule has 0 amide bonds. The molecule has 7 heteroatoms. The molecule has 222 valence electrons. The third kappa shape index (κ3) is 6.90.